The molecule has 1 aromatic heterocycles. The van der Waals surface area contributed by atoms with Gasteiger partial charge in [0, 0.05) is 17.6 Å². The Morgan fingerprint density at radius 3 is 2.46 bits per heavy atom. The second kappa shape index (κ2) is 6.51. The smallest absolute Gasteiger partial charge is 0.258 e. The van der Waals surface area contributed by atoms with Gasteiger partial charge >= 0.3 is 0 Å². The van der Waals surface area contributed by atoms with E-state index in [1.807, 2.05) is 6.07 Å². The van der Waals surface area contributed by atoms with Crippen LogP contribution in [0.3, 0.4) is 0 Å². The average Bonchev–Trinajstić information content (AvgIpc) is 2.82. The third kappa shape index (κ3) is 3.02. The minimum absolute atomic E-state index is 0.256. The Morgan fingerprint density at radius 1 is 1.17 bits per heavy atom. The molecule has 0 atom stereocenters. The molecule has 5 nitrogen and oxygen atoms in total. The number of ether oxygens (including phenoxy) is 1. The first kappa shape index (κ1) is 16.9. The highest BCUT2D eigenvalue weighted by atomic mass is 35.5. The van der Waals surface area contributed by atoms with Crippen molar-refractivity contribution in [1.29, 1.82) is 0 Å². The fourth-order valence-corrected chi connectivity index (χ4v) is 3.15. The highest BCUT2D eigenvalue weighted by Crippen LogP contribution is 2.34. The summed E-state index contributed by atoms with van der Waals surface area (Å²) in [5.74, 6) is 0.332. The Labute approximate surface area is 153 Å². The van der Waals surface area contributed by atoms with E-state index < -0.39 is 0 Å². The number of amides is 1. The lowest BCUT2D eigenvalue weighted by atomic mass is 10.2. The van der Waals surface area contributed by atoms with Crippen LogP contribution in [0, 0.1) is 0 Å². The molecule has 3 rings (SSSR count). The van der Waals surface area contributed by atoms with Crippen LogP contribution in [0.5, 0.6) is 5.75 Å². The average molecular weight is 385 g/mol. The van der Waals surface area contributed by atoms with E-state index in [4.69, 9.17) is 39.5 Å². The maximum Gasteiger partial charge on any atom is 0.258 e. The molecular formula is C16H12Cl3N3O2. The van der Waals surface area contributed by atoms with Gasteiger partial charge in [-0.05, 0) is 30.3 Å². The number of aromatic nitrogens is 2. The van der Waals surface area contributed by atoms with Crippen LogP contribution < -0.4 is 10.1 Å². The molecule has 8 heteroatoms. The van der Waals surface area contributed by atoms with E-state index in [9.17, 15) is 4.79 Å². The SMILES string of the molecule is COc1c(Cl)cc(C(=O)Nc2nc3cc(Cl)ccc3n2C)cc1Cl. The van der Waals surface area contributed by atoms with Crippen molar-refractivity contribution in [2.24, 2.45) is 7.05 Å². The largest absolute Gasteiger partial charge is 0.494 e. The van der Waals surface area contributed by atoms with E-state index in [0.717, 1.165) is 5.52 Å². The maximum absolute atomic E-state index is 12.5. The summed E-state index contributed by atoms with van der Waals surface area (Å²) in [4.78, 5) is 16.8. The lowest BCUT2D eigenvalue weighted by molar-refractivity contribution is 0.102. The Morgan fingerprint density at radius 2 is 1.83 bits per heavy atom. The van der Waals surface area contributed by atoms with Gasteiger partial charge in [-0.2, -0.15) is 0 Å². The first-order chi connectivity index (χ1) is 11.4. The molecule has 0 spiro atoms. The summed E-state index contributed by atoms with van der Waals surface area (Å²) in [6, 6.07) is 8.30. The summed E-state index contributed by atoms with van der Waals surface area (Å²) < 4.78 is 6.83. The van der Waals surface area contributed by atoms with Gasteiger partial charge < -0.3 is 9.30 Å². The number of rotatable bonds is 3. The Kier molecular flexibility index (Phi) is 4.58. The Balaban J connectivity index is 1.94. The van der Waals surface area contributed by atoms with Gasteiger partial charge in [0.05, 0.1) is 28.2 Å². The number of benzene rings is 2. The van der Waals surface area contributed by atoms with E-state index in [1.54, 1.807) is 23.7 Å². The third-order valence-corrected chi connectivity index (χ3v) is 4.33. The van der Waals surface area contributed by atoms with Crippen molar-refractivity contribution in [2.75, 3.05) is 12.4 Å². The zero-order chi connectivity index (χ0) is 17.4. The van der Waals surface area contributed by atoms with Crippen LogP contribution in [-0.4, -0.2) is 22.6 Å². The number of hydrogen-bond donors (Lipinski definition) is 1. The normalized spacial score (nSPS) is 10.9. The molecule has 24 heavy (non-hydrogen) atoms. The van der Waals surface area contributed by atoms with Crippen LogP contribution >= 0.6 is 34.8 Å². The zero-order valence-corrected chi connectivity index (χ0v) is 15.0. The molecule has 3 aromatic rings. The predicted octanol–water partition coefficient (Wildman–Crippen LogP) is 4.79. The molecular weight excluding hydrogens is 373 g/mol. The summed E-state index contributed by atoms with van der Waals surface area (Å²) in [7, 11) is 3.25. The van der Waals surface area contributed by atoms with E-state index in [2.05, 4.69) is 10.3 Å². The van der Waals surface area contributed by atoms with E-state index in [0.29, 0.717) is 27.8 Å². The molecule has 0 aliphatic carbocycles. The van der Waals surface area contributed by atoms with E-state index >= 15 is 0 Å². The van der Waals surface area contributed by atoms with Crippen LogP contribution in [-0.2, 0) is 7.05 Å². The van der Waals surface area contributed by atoms with E-state index in [-0.39, 0.29) is 16.0 Å². The maximum atomic E-state index is 12.5. The quantitative estimate of drug-likeness (QED) is 0.706. The Hall–Kier alpha value is -1.95. The summed E-state index contributed by atoms with van der Waals surface area (Å²) >= 11 is 18.1. The van der Waals surface area contributed by atoms with Gasteiger partial charge in [0.1, 0.15) is 0 Å². The highest BCUT2D eigenvalue weighted by Gasteiger charge is 2.16. The van der Waals surface area contributed by atoms with Crippen LogP contribution in [0.15, 0.2) is 30.3 Å². The van der Waals surface area contributed by atoms with Crippen LogP contribution in [0.1, 0.15) is 10.4 Å². The number of carbonyl (C=O) groups is 1. The second-order valence-electron chi connectivity index (χ2n) is 5.05. The van der Waals surface area contributed by atoms with Gasteiger partial charge in [-0.1, -0.05) is 34.8 Å². The molecule has 0 unspecified atom stereocenters. The van der Waals surface area contributed by atoms with Gasteiger partial charge in [0.2, 0.25) is 5.95 Å². The first-order valence-corrected chi connectivity index (χ1v) is 8.00. The number of aryl methyl sites for hydroxylation is 1. The summed E-state index contributed by atoms with van der Waals surface area (Å²) in [6.07, 6.45) is 0. The third-order valence-electron chi connectivity index (χ3n) is 3.53. The van der Waals surface area contributed by atoms with Crippen molar-refractivity contribution >= 4 is 57.7 Å². The van der Waals surface area contributed by atoms with Crippen molar-refractivity contribution in [1.82, 2.24) is 9.55 Å². The van der Waals surface area contributed by atoms with Crippen LogP contribution in [0.2, 0.25) is 15.1 Å². The number of nitrogens with zero attached hydrogens (tertiary/aromatic N) is 2. The number of imidazole rings is 1. The monoisotopic (exact) mass is 383 g/mol. The number of nitrogens with one attached hydrogen (secondary N) is 1. The molecule has 0 saturated heterocycles. The van der Waals surface area contributed by atoms with Gasteiger partial charge in [-0.3, -0.25) is 10.1 Å². The van der Waals surface area contributed by atoms with Crippen molar-refractivity contribution in [2.45, 2.75) is 0 Å². The molecule has 0 bridgehead atoms. The Bertz CT molecular complexity index is 930. The highest BCUT2D eigenvalue weighted by molar-refractivity contribution is 6.37. The second-order valence-corrected chi connectivity index (χ2v) is 6.31. The topological polar surface area (TPSA) is 56.1 Å². The lowest BCUT2D eigenvalue weighted by Gasteiger charge is -2.09. The molecule has 1 N–H and O–H groups in total. The first-order valence-electron chi connectivity index (χ1n) is 6.87. The van der Waals surface area contributed by atoms with Gasteiger partial charge in [0.15, 0.2) is 5.75 Å². The van der Waals surface area contributed by atoms with Gasteiger partial charge in [-0.25, -0.2) is 4.98 Å². The molecule has 0 aliphatic rings. The summed E-state index contributed by atoms with van der Waals surface area (Å²) in [5.41, 5.74) is 1.84. The number of anilines is 1. The standard InChI is InChI=1S/C16H12Cl3N3O2/c1-22-13-4-3-9(17)7-12(13)20-16(22)21-15(23)8-5-10(18)14(24-2)11(19)6-8/h3-7H,1-2H3,(H,20,21,23). The molecule has 124 valence electrons. The van der Waals surface area contributed by atoms with E-state index in [1.165, 1.54) is 19.2 Å². The molecule has 2 aromatic carbocycles. The molecule has 1 heterocycles. The number of fused-ring (bicyclic) bond motifs is 1. The fourth-order valence-electron chi connectivity index (χ4n) is 2.34. The zero-order valence-electron chi connectivity index (χ0n) is 12.7. The minimum atomic E-state index is -0.383. The number of carbonyl (C=O) groups excluding carboxylic acids is 1. The number of hydrogen-bond acceptors (Lipinski definition) is 3. The van der Waals surface area contributed by atoms with Crippen molar-refractivity contribution in [3.63, 3.8) is 0 Å². The summed E-state index contributed by atoms with van der Waals surface area (Å²) in [5, 5.41) is 3.83. The number of methoxy groups -OCH3 is 1. The fraction of sp³-hybridized carbons (Fsp3) is 0.125. The molecule has 0 radical (unpaired) electrons. The van der Waals surface area contributed by atoms with Gasteiger partial charge in [-0.15, -0.1) is 0 Å². The lowest BCUT2D eigenvalue weighted by Crippen LogP contribution is -2.15. The molecule has 1 amide bonds. The van der Waals surface area contributed by atoms with Gasteiger partial charge in [0.25, 0.3) is 5.91 Å². The molecule has 0 saturated carbocycles. The van der Waals surface area contributed by atoms with Crippen LogP contribution in [0.25, 0.3) is 11.0 Å². The van der Waals surface area contributed by atoms with Crippen molar-refractivity contribution in [3.05, 3.63) is 51.0 Å². The van der Waals surface area contributed by atoms with Crippen LogP contribution in [0.4, 0.5) is 5.95 Å². The predicted molar refractivity (Wildman–Crippen MR) is 96.7 cm³/mol. The minimum Gasteiger partial charge on any atom is -0.494 e. The van der Waals surface area contributed by atoms with Crippen molar-refractivity contribution in [3.8, 4) is 5.75 Å². The molecule has 0 fully saturated rings. The molecule has 0 aliphatic heterocycles. The van der Waals surface area contributed by atoms with Crippen molar-refractivity contribution < 1.29 is 9.53 Å². The summed E-state index contributed by atoms with van der Waals surface area (Å²) in [6.45, 7) is 0. The number of halogens is 3.